The first-order chi connectivity index (χ1) is 12.6. The molecule has 0 amide bonds. The van der Waals surface area contributed by atoms with E-state index < -0.39 is 24.1 Å². The number of hydrogen-bond donors (Lipinski definition) is 3. The molecule has 2 aromatic carbocycles. The smallest absolute Gasteiger partial charge is 0.416 e. The Labute approximate surface area is 156 Å². The average molecular weight is 383 g/mol. The molecule has 4 nitrogen and oxygen atoms in total. The Morgan fingerprint density at radius 3 is 2.30 bits per heavy atom. The van der Waals surface area contributed by atoms with Crippen molar-refractivity contribution < 1.29 is 28.1 Å². The lowest BCUT2D eigenvalue weighted by Gasteiger charge is -2.18. The van der Waals surface area contributed by atoms with E-state index in [1.54, 1.807) is 12.1 Å². The molecule has 0 aromatic heterocycles. The Balaban J connectivity index is 1.87. The quantitative estimate of drug-likeness (QED) is 0.609. The van der Waals surface area contributed by atoms with Crippen LogP contribution in [-0.4, -0.2) is 29.1 Å². The van der Waals surface area contributed by atoms with Gasteiger partial charge < -0.3 is 20.3 Å². The van der Waals surface area contributed by atoms with E-state index in [4.69, 9.17) is 4.74 Å². The van der Waals surface area contributed by atoms with E-state index in [2.05, 4.69) is 5.32 Å². The minimum atomic E-state index is -4.43. The first kappa shape index (κ1) is 21.2. The number of alkyl halides is 3. The number of rotatable bonds is 8. The molecule has 0 saturated heterocycles. The number of aliphatic hydroxyl groups is 2. The summed E-state index contributed by atoms with van der Waals surface area (Å²) in [6.07, 6.45) is -5.67. The topological polar surface area (TPSA) is 61.7 Å². The van der Waals surface area contributed by atoms with Gasteiger partial charge in [-0.15, -0.1) is 0 Å². The van der Waals surface area contributed by atoms with Gasteiger partial charge in [0.2, 0.25) is 0 Å². The average Bonchev–Trinajstić information content (AvgIpc) is 2.60. The molecule has 0 fully saturated rings. The normalized spacial score (nSPS) is 15.2. The van der Waals surface area contributed by atoms with Crippen molar-refractivity contribution in [1.82, 2.24) is 5.32 Å². The zero-order valence-corrected chi connectivity index (χ0v) is 15.2. The van der Waals surface area contributed by atoms with Crippen LogP contribution >= 0.6 is 0 Å². The first-order valence-corrected chi connectivity index (χ1v) is 8.67. The minimum absolute atomic E-state index is 0.00832. The van der Waals surface area contributed by atoms with Crippen LogP contribution in [0.25, 0.3) is 0 Å². The summed E-state index contributed by atoms with van der Waals surface area (Å²) in [6.45, 7) is 3.60. The van der Waals surface area contributed by atoms with Crippen molar-refractivity contribution in [2.24, 2.45) is 0 Å². The van der Waals surface area contributed by atoms with Crippen LogP contribution in [0.15, 0.2) is 48.5 Å². The van der Waals surface area contributed by atoms with Crippen LogP contribution in [0.2, 0.25) is 0 Å². The number of ether oxygens (including phenoxy) is 1. The summed E-state index contributed by atoms with van der Waals surface area (Å²) in [6, 6.07) is 12.0. The zero-order valence-electron chi connectivity index (χ0n) is 15.2. The highest BCUT2D eigenvalue weighted by molar-refractivity contribution is 5.28. The molecule has 2 rings (SSSR count). The van der Waals surface area contributed by atoms with Crippen molar-refractivity contribution in [2.45, 2.75) is 44.9 Å². The van der Waals surface area contributed by atoms with Crippen molar-refractivity contribution in [2.75, 3.05) is 6.54 Å². The van der Waals surface area contributed by atoms with E-state index in [1.165, 1.54) is 19.1 Å². The predicted octanol–water partition coefficient (Wildman–Crippen LogP) is 3.68. The fourth-order valence-corrected chi connectivity index (χ4v) is 2.68. The molecule has 3 N–H and O–H groups in total. The highest BCUT2D eigenvalue weighted by Gasteiger charge is 2.30. The second-order valence-electron chi connectivity index (χ2n) is 6.51. The summed E-state index contributed by atoms with van der Waals surface area (Å²) in [5, 5.41) is 22.5. The van der Waals surface area contributed by atoms with Crippen molar-refractivity contribution in [3.05, 3.63) is 65.2 Å². The Kier molecular flexibility index (Phi) is 7.24. The largest absolute Gasteiger partial charge is 0.465 e. The van der Waals surface area contributed by atoms with Gasteiger partial charge in [-0.05, 0) is 55.7 Å². The lowest BCUT2D eigenvalue weighted by Crippen LogP contribution is -2.32. The van der Waals surface area contributed by atoms with E-state index in [-0.39, 0.29) is 18.2 Å². The van der Waals surface area contributed by atoms with Gasteiger partial charge in [0, 0.05) is 12.6 Å². The molecule has 0 heterocycles. The molecule has 7 heteroatoms. The maximum absolute atomic E-state index is 12.8. The molecule has 0 aliphatic heterocycles. The second-order valence-corrected chi connectivity index (χ2v) is 6.51. The van der Waals surface area contributed by atoms with Gasteiger partial charge in [-0.2, -0.15) is 13.2 Å². The third-order valence-electron chi connectivity index (χ3n) is 4.03. The van der Waals surface area contributed by atoms with Gasteiger partial charge >= 0.3 is 6.18 Å². The van der Waals surface area contributed by atoms with Crippen LogP contribution in [0.4, 0.5) is 13.2 Å². The maximum Gasteiger partial charge on any atom is 0.416 e. The molecule has 0 aliphatic carbocycles. The number of nitrogens with one attached hydrogen (secondary N) is 1. The van der Waals surface area contributed by atoms with Gasteiger partial charge in [-0.3, -0.25) is 0 Å². The van der Waals surface area contributed by atoms with Crippen LogP contribution in [0.1, 0.15) is 36.6 Å². The predicted molar refractivity (Wildman–Crippen MR) is 96.3 cm³/mol. The van der Waals surface area contributed by atoms with Crippen LogP contribution in [0, 0.1) is 0 Å². The zero-order chi connectivity index (χ0) is 20.0. The van der Waals surface area contributed by atoms with E-state index >= 15 is 0 Å². The maximum atomic E-state index is 12.8. The molecule has 0 bridgehead atoms. The molecular formula is C20H24F3NO3. The van der Waals surface area contributed by atoms with Gasteiger partial charge in [0.15, 0.2) is 6.29 Å². The first-order valence-electron chi connectivity index (χ1n) is 8.67. The van der Waals surface area contributed by atoms with Crippen LogP contribution in [0.5, 0.6) is 5.75 Å². The molecule has 0 radical (unpaired) electrons. The SMILES string of the molecule is CC(Cc1ccc(OC(C)O)cc1)NCC(O)c1cccc(C(F)(F)F)c1. The molecule has 27 heavy (non-hydrogen) atoms. The Morgan fingerprint density at radius 1 is 1.04 bits per heavy atom. The summed E-state index contributed by atoms with van der Waals surface area (Å²) >= 11 is 0. The summed E-state index contributed by atoms with van der Waals surface area (Å²) < 4.78 is 43.5. The lowest BCUT2D eigenvalue weighted by molar-refractivity contribution is -0.137. The number of halogens is 3. The Morgan fingerprint density at radius 2 is 1.70 bits per heavy atom. The highest BCUT2D eigenvalue weighted by atomic mass is 19.4. The number of benzene rings is 2. The summed E-state index contributed by atoms with van der Waals surface area (Å²) in [4.78, 5) is 0. The van der Waals surface area contributed by atoms with Crippen molar-refractivity contribution >= 4 is 0 Å². The third kappa shape index (κ3) is 6.86. The van der Waals surface area contributed by atoms with Gasteiger partial charge in [0.25, 0.3) is 0 Å². The van der Waals surface area contributed by atoms with E-state index in [9.17, 15) is 23.4 Å². The van der Waals surface area contributed by atoms with E-state index in [0.29, 0.717) is 12.2 Å². The van der Waals surface area contributed by atoms with E-state index in [1.807, 2.05) is 19.1 Å². The van der Waals surface area contributed by atoms with Crippen LogP contribution in [0.3, 0.4) is 0 Å². The molecule has 0 aliphatic rings. The molecule has 3 unspecified atom stereocenters. The summed E-state index contributed by atoms with van der Waals surface area (Å²) in [5.74, 6) is 0.564. The van der Waals surface area contributed by atoms with Gasteiger partial charge in [-0.1, -0.05) is 24.3 Å². The van der Waals surface area contributed by atoms with Gasteiger partial charge in [0.1, 0.15) is 5.75 Å². The molecule has 2 aromatic rings. The standard InChI is InChI=1S/C20H24F3NO3/c1-13(10-15-6-8-18(9-7-15)27-14(2)25)24-12-19(26)16-4-3-5-17(11-16)20(21,22)23/h3-9,11,13-14,19,24-26H,10,12H2,1-2H3. The number of aliphatic hydroxyl groups excluding tert-OH is 2. The molecular weight excluding hydrogens is 359 g/mol. The van der Waals surface area contributed by atoms with Crippen LogP contribution < -0.4 is 10.1 Å². The Hall–Kier alpha value is -2.09. The molecule has 0 spiro atoms. The third-order valence-corrected chi connectivity index (χ3v) is 4.03. The summed E-state index contributed by atoms with van der Waals surface area (Å²) in [7, 11) is 0. The second kappa shape index (κ2) is 9.21. The lowest BCUT2D eigenvalue weighted by atomic mass is 10.0. The highest BCUT2D eigenvalue weighted by Crippen LogP contribution is 2.30. The van der Waals surface area contributed by atoms with E-state index in [0.717, 1.165) is 17.7 Å². The Bertz CT molecular complexity index is 717. The molecule has 3 atom stereocenters. The molecule has 0 saturated carbocycles. The van der Waals surface area contributed by atoms with Crippen LogP contribution in [-0.2, 0) is 12.6 Å². The fourth-order valence-electron chi connectivity index (χ4n) is 2.68. The van der Waals surface area contributed by atoms with Gasteiger partial charge in [0.05, 0.1) is 11.7 Å². The fraction of sp³-hybridized carbons (Fsp3) is 0.400. The monoisotopic (exact) mass is 383 g/mol. The van der Waals surface area contributed by atoms with Crippen molar-refractivity contribution in [3.8, 4) is 5.75 Å². The van der Waals surface area contributed by atoms with Crippen molar-refractivity contribution in [1.29, 1.82) is 0 Å². The van der Waals surface area contributed by atoms with Crippen molar-refractivity contribution in [3.63, 3.8) is 0 Å². The van der Waals surface area contributed by atoms with Gasteiger partial charge in [-0.25, -0.2) is 0 Å². The minimum Gasteiger partial charge on any atom is -0.465 e. The summed E-state index contributed by atoms with van der Waals surface area (Å²) in [5.41, 5.74) is 0.484. The molecule has 148 valence electrons. The number of hydrogen-bond acceptors (Lipinski definition) is 4.